The monoisotopic (exact) mass is 527 g/mol. The molecule has 3 aromatic rings. The molecule has 1 saturated carbocycles. The third-order valence-corrected chi connectivity index (χ3v) is 8.39. The number of aliphatic hydroxyl groups is 1. The van der Waals surface area contributed by atoms with Gasteiger partial charge >= 0.3 is 5.63 Å². The lowest BCUT2D eigenvalue weighted by molar-refractivity contribution is -0.143. The second kappa shape index (κ2) is 10.5. The Labute approximate surface area is 220 Å². The van der Waals surface area contributed by atoms with Gasteiger partial charge in [0.2, 0.25) is 5.91 Å². The molecule has 0 bridgehead atoms. The highest BCUT2D eigenvalue weighted by Gasteiger charge is 2.43. The molecule has 1 aromatic heterocycles. The zero-order valence-electron chi connectivity index (χ0n) is 20.9. The van der Waals surface area contributed by atoms with Gasteiger partial charge in [-0.2, -0.15) is 0 Å². The van der Waals surface area contributed by atoms with Crippen LogP contribution in [0, 0.1) is 18.7 Å². The van der Waals surface area contributed by atoms with Crippen molar-refractivity contribution in [1.82, 2.24) is 4.90 Å². The van der Waals surface area contributed by atoms with Gasteiger partial charge in [-0.1, -0.05) is 30.5 Å². The van der Waals surface area contributed by atoms with Crippen molar-refractivity contribution in [2.45, 2.75) is 64.1 Å². The fourth-order valence-electron chi connectivity index (χ4n) is 5.74. The lowest BCUT2D eigenvalue weighted by atomic mass is 9.71. The predicted octanol–water partition coefficient (Wildman–Crippen LogP) is 5.56. The Hall–Kier alpha value is -2.90. The Morgan fingerprint density at radius 3 is 2.89 bits per heavy atom. The number of ether oxygens (including phenoxy) is 1. The normalized spacial score (nSPS) is 21.6. The van der Waals surface area contributed by atoms with E-state index in [0.717, 1.165) is 36.6 Å². The van der Waals surface area contributed by atoms with Crippen molar-refractivity contribution >= 4 is 28.5 Å². The van der Waals surface area contributed by atoms with Crippen LogP contribution in [-0.2, 0) is 17.8 Å². The molecular weight excluding hydrogens is 497 g/mol. The van der Waals surface area contributed by atoms with Gasteiger partial charge in [-0.25, -0.2) is 9.18 Å². The van der Waals surface area contributed by atoms with Crippen molar-refractivity contribution in [2.24, 2.45) is 5.92 Å². The first-order valence-corrected chi connectivity index (χ1v) is 13.2. The number of amides is 1. The number of likely N-dealkylation sites (tertiary alicyclic amines) is 1. The van der Waals surface area contributed by atoms with E-state index in [1.165, 1.54) is 12.1 Å². The molecule has 2 aromatic carbocycles. The summed E-state index contributed by atoms with van der Waals surface area (Å²) in [5.74, 6) is 0.226. The molecule has 1 aliphatic carbocycles. The van der Waals surface area contributed by atoms with Crippen LogP contribution in [-0.4, -0.2) is 34.6 Å². The van der Waals surface area contributed by atoms with Gasteiger partial charge in [0.1, 0.15) is 23.8 Å². The van der Waals surface area contributed by atoms with E-state index in [2.05, 4.69) is 0 Å². The first-order valence-electron chi connectivity index (χ1n) is 12.9. The zero-order chi connectivity index (χ0) is 26.2. The highest BCUT2D eigenvalue weighted by Crippen LogP contribution is 2.40. The Bertz CT molecular complexity index is 1390. The molecule has 2 fully saturated rings. The quantitative estimate of drug-likeness (QED) is 0.425. The summed E-state index contributed by atoms with van der Waals surface area (Å²) in [6, 6.07) is 9.37. The Balaban J connectivity index is 1.25. The molecule has 2 heterocycles. The smallest absolute Gasteiger partial charge is 0.339 e. The number of benzene rings is 2. The number of halogens is 2. The molecule has 1 amide bonds. The minimum atomic E-state index is -0.626. The molecule has 2 aliphatic rings. The molecule has 0 unspecified atom stereocenters. The fraction of sp³-hybridized carbons (Fsp3) is 0.448. The SMILES string of the molecule is Cc1c(CCC(=O)N2CC[C@]3(O)CCCC[C@H]3C2)c(=O)oc2cc(OCc3ccc(F)cc3Cl)ccc12. The van der Waals surface area contributed by atoms with Crippen molar-refractivity contribution in [3.05, 3.63) is 74.3 Å². The average Bonchev–Trinajstić information content (AvgIpc) is 2.87. The second-order valence-electron chi connectivity index (χ2n) is 10.3. The topological polar surface area (TPSA) is 80.0 Å². The summed E-state index contributed by atoms with van der Waals surface area (Å²) in [7, 11) is 0. The second-order valence-corrected chi connectivity index (χ2v) is 10.7. The average molecular weight is 528 g/mol. The highest BCUT2D eigenvalue weighted by molar-refractivity contribution is 6.31. The van der Waals surface area contributed by atoms with E-state index >= 15 is 0 Å². The summed E-state index contributed by atoms with van der Waals surface area (Å²) in [6.45, 7) is 3.15. The Morgan fingerprint density at radius 2 is 2.08 bits per heavy atom. The number of carbonyl (C=O) groups excluding carboxylic acids is 1. The first kappa shape index (κ1) is 25.7. The molecule has 2 atom stereocenters. The van der Waals surface area contributed by atoms with Crippen molar-refractivity contribution in [3.8, 4) is 5.75 Å². The van der Waals surface area contributed by atoms with Crippen LogP contribution in [0.5, 0.6) is 5.75 Å². The van der Waals surface area contributed by atoms with E-state index in [0.29, 0.717) is 48.4 Å². The van der Waals surface area contributed by atoms with Crippen LogP contribution in [0.25, 0.3) is 11.0 Å². The number of fused-ring (bicyclic) bond motifs is 2. The third kappa shape index (κ3) is 5.39. The molecule has 0 spiro atoms. The Kier molecular flexibility index (Phi) is 7.28. The van der Waals surface area contributed by atoms with E-state index in [9.17, 15) is 19.1 Å². The van der Waals surface area contributed by atoms with Crippen LogP contribution in [0.15, 0.2) is 45.6 Å². The number of hydrogen-bond donors (Lipinski definition) is 1. The van der Waals surface area contributed by atoms with Gasteiger partial charge in [0.15, 0.2) is 0 Å². The molecule has 1 N–H and O–H groups in total. The van der Waals surface area contributed by atoms with E-state index in [1.54, 1.807) is 18.2 Å². The summed E-state index contributed by atoms with van der Waals surface area (Å²) in [4.78, 5) is 27.6. The molecule has 8 heteroatoms. The van der Waals surface area contributed by atoms with Crippen molar-refractivity contribution in [3.63, 3.8) is 0 Å². The lowest BCUT2D eigenvalue weighted by Gasteiger charge is -2.47. The summed E-state index contributed by atoms with van der Waals surface area (Å²) < 4.78 is 24.6. The van der Waals surface area contributed by atoms with Gasteiger partial charge < -0.3 is 19.2 Å². The number of rotatable bonds is 6. The van der Waals surface area contributed by atoms with Gasteiger partial charge in [-0.15, -0.1) is 0 Å². The van der Waals surface area contributed by atoms with E-state index in [1.807, 2.05) is 17.9 Å². The molecule has 6 nitrogen and oxygen atoms in total. The maximum Gasteiger partial charge on any atom is 0.339 e. The summed E-state index contributed by atoms with van der Waals surface area (Å²) in [6.07, 6.45) is 5.07. The zero-order valence-corrected chi connectivity index (χ0v) is 21.7. The van der Waals surface area contributed by atoms with Gasteiger partial charge in [0, 0.05) is 48.0 Å². The van der Waals surface area contributed by atoms with Crippen LogP contribution in [0.1, 0.15) is 55.2 Å². The molecule has 1 saturated heterocycles. The number of aryl methyl sites for hydroxylation is 1. The lowest BCUT2D eigenvalue weighted by Crippen LogP contribution is -2.54. The number of piperidine rings is 1. The molecule has 37 heavy (non-hydrogen) atoms. The number of carbonyl (C=O) groups is 1. The molecule has 0 radical (unpaired) electrons. The third-order valence-electron chi connectivity index (χ3n) is 8.04. The summed E-state index contributed by atoms with van der Waals surface area (Å²) >= 11 is 6.07. The van der Waals surface area contributed by atoms with Crippen LogP contribution in [0.3, 0.4) is 0 Å². The molecule has 196 valence electrons. The van der Waals surface area contributed by atoms with Crippen LogP contribution in [0.2, 0.25) is 5.02 Å². The number of nitrogens with zero attached hydrogens (tertiary/aromatic N) is 1. The van der Waals surface area contributed by atoms with Gasteiger partial charge in [0.25, 0.3) is 0 Å². The fourth-order valence-corrected chi connectivity index (χ4v) is 5.96. The summed E-state index contributed by atoms with van der Waals surface area (Å²) in [5.41, 5.74) is 1.23. The van der Waals surface area contributed by atoms with E-state index < -0.39 is 17.0 Å². The van der Waals surface area contributed by atoms with Crippen LogP contribution in [0.4, 0.5) is 4.39 Å². The van der Waals surface area contributed by atoms with E-state index in [-0.39, 0.29) is 29.9 Å². The van der Waals surface area contributed by atoms with Crippen LogP contribution >= 0.6 is 11.6 Å². The van der Waals surface area contributed by atoms with Gasteiger partial charge in [-0.05, 0) is 62.4 Å². The molecule has 5 rings (SSSR count). The maximum atomic E-state index is 13.3. The molecular formula is C29H31ClFNO5. The van der Waals surface area contributed by atoms with Gasteiger partial charge in [0.05, 0.1) is 10.6 Å². The maximum absolute atomic E-state index is 13.3. The Morgan fingerprint density at radius 1 is 1.24 bits per heavy atom. The minimum absolute atomic E-state index is 0.00900. The van der Waals surface area contributed by atoms with Crippen molar-refractivity contribution in [1.29, 1.82) is 0 Å². The number of hydrogen-bond acceptors (Lipinski definition) is 5. The predicted molar refractivity (Wildman–Crippen MR) is 139 cm³/mol. The first-order chi connectivity index (χ1) is 17.7. The van der Waals surface area contributed by atoms with Gasteiger partial charge in [-0.3, -0.25) is 4.79 Å². The molecule has 1 aliphatic heterocycles. The van der Waals surface area contributed by atoms with E-state index in [4.69, 9.17) is 20.8 Å². The standard InChI is InChI=1S/C29H31ClFNO5/c1-18-23-8-7-22(36-17-19-5-6-21(31)14-25(19)30)15-26(23)37-28(34)24(18)9-10-27(33)32-13-12-29(35)11-3-2-4-20(29)16-32/h5-8,14-15,20,35H,2-4,9-13,16-17H2,1H3/t20-,29+/m0/s1. The largest absolute Gasteiger partial charge is 0.489 e. The van der Waals surface area contributed by atoms with Crippen molar-refractivity contribution < 1.29 is 23.4 Å². The highest BCUT2D eigenvalue weighted by atomic mass is 35.5. The van der Waals surface area contributed by atoms with Crippen LogP contribution < -0.4 is 10.4 Å². The summed E-state index contributed by atoms with van der Waals surface area (Å²) in [5, 5.41) is 11.9. The minimum Gasteiger partial charge on any atom is -0.489 e. The van der Waals surface area contributed by atoms with Crippen molar-refractivity contribution in [2.75, 3.05) is 13.1 Å².